The zero-order valence-corrected chi connectivity index (χ0v) is 13.9. The van der Waals surface area contributed by atoms with E-state index >= 15 is 0 Å². The molecule has 0 saturated heterocycles. The summed E-state index contributed by atoms with van der Waals surface area (Å²) in [6, 6.07) is 16.6. The number of furan rings is 1. The fourth-order valence-corrected chi connectivity index (χ4v) is 2.58. The molecule has 0 aliphatic rings. The van der Waals surface area contributed by atoms with Gasteiger partial charge in [-0.15, -0.1) is 0 Å². The smallest absolute Gasteiger partial charge is 0.287 e. The third kappa shape index (κ3) is 3.02. The molecule has 26 heavy (non-hydrogen) atoms. The minimum atomic E-state index is -0.372. The number of hydrogen-bond acceptors (Lipinski definition) is 6. The fourth-order valence-electron chi connectivity index (χ4n) is 2.58. The van der Waals surface area contributed by atoms with Crippen molar-refractivity contribution in [2.75, 3.05) is 7.11 Å². The number of rotatable bonds is 5. The summed E-state index contributed by atoms with van der Waals surface area (Å²) in [4.78, 5) is 16.6. The van der Waals surface area contributed by atoms with Gasteiger partial charge in [-0.2, -0.15) is 4.98 Å². The van der Waals surface area contributed by atoms with Crippen LogP contribution in [0.2, 0.25) is 0 Å². The number of nitrogens with zero attached hydrogens (tertiary/aromatic N) is 2. The molecule has 7 heteroatoms. The Morgan fingerprint density at radius 1 is 1.15 bits per heavy atom. The molecule has 4 aromatic rings. The average Bonchev–Trinajstić information content (AvgIpc) is 3.33. The second-order valence-electron chi connectivity index (χ2n) is 5.55. The lowest BCUT2D eigenvalue weighted by atomic mass is 10.2. The molecule has 7 nitrogen and oxygen atoms in total. The Kier molecular flexibility index (Phi) is 4.10. The topological polar surface area (TPSA) is 90.4 Å². The highest BCUT2D eigenvalue weighted by molar-refractivity contribution is 5.97. The Labute approximate surface area is 148 Å². The van der Waals surface area contributed by atoms with Crippen LogP contribution in [0.15, 0.2) is 63.5 Å². The van der Waals surface area contributed by atoms with Crippen molar-refractivity contribution >= 4 is 16.9 Å². The van der Waals surface area contributed by atoms with E-state index in [0.29, 0.717) is 23.0 Å². The van der Waals surface area contributed by atoms with Crippen molar-refractivity contribution in [3.8, 4) is 17.1 Å². The Bertz CT molecular complexity index is 1050. The Morgan fingerprint density at radius 3 is 2.81 bits per heavy atom. The standard InChI is InChI=1S/C19H15N3O4/c1-24-14-9-5-8-13-10-15(25-17(13)14)19(23)20-11-16-21-18(22-26-16)12-6-3-2-4-7-12/h2-10H,11H2,1H3,(H,20,23). The SMILES string of the molecule is COc1cccc2cc(C(=O)NCc3nc(-c4ccccc4)no3)oc12. The van der Waals surface area contributed by atoms with Crippen LogP contribution in [0.4, 0.5) is 0 Å². The summed E-state index contributed by atoms with van der Waals surface area (Å²) >= 11 is 0. The molecule has 1 N–H and O–H groups in total. The first-order chi connectivity index (χ1) is 12.7. The summed E-state index contributed by atoms with van der Waals surface area (Å²) in [5, 5.41) is 7.42. The van der Waals surface area contributed by atoms with E-state index in [-0.39, 0.29) is 18.2 Å². The van der Waals surface area contributed by atoms with Crippen LogP contribution in [0.25, 0.3) is 22.4 Å². The van der Waals surface area contributed by atoms with Gasteiger partial charge in [0.15, 0.2) is 17.1 Å². The van der Waals surface area contributed by atoms with Crippen molar-refractivity contribution in [2.45, 2.75) is 6.54 Å². The molecular formula is C19H15N3O4. The number of para-hydroxylation sites is 1. The van der Waals surface area contributed by atoms with Gasteiger partial charge in [-0.25, -0.2) is 0 Å². The van der Waals surface area contributed by atoms with Gasteiger partial charge < -0.3 is 19.0 Å². The van der Waals surface area contributed by atoms with Gasteiger partial charge in [0, 0.05) is 10.9 Å². The number of amides is 1. The van der Waals surface area contributed by atoms with Crippen LogP contribution in [0.3, 0.4) is 0 Å². The molecule has 4 rings (SSSR count). The molecule has 0 bridgehead atoms. The van der Waals surface area contributed by atoms with Crippen LogP contribution < -0.4 is 10.1 Å². The van der Waals surface area contributed by atoms with Gasteiger partial charge in [-0.3, -0.25) is 4.79 Å². The van der Waals surface area contributed by atoms with Crippen molar-refractivity contribution in [3.05, 3.63) is 66.2 Å². The molecule has 0 spiro atoms. The summed E-state index contributed by atoms with van der Waals surface area (Å²) < 4.78 is 16.0. The molecule has 0 aliphatic heterocycles. The van der Waals surface area contributed by atoms with Gasteiger partial charge in [0.2, 0.25) is 11.7 Å². The predicted molar refractivity (Wildman–Crippen MR) is 93.7 cm³/mol. The highest BCUT2D eigenvalue weighted by atomic mass is 16.5. The summed E-state index contributed by atoms with van der Waals surface area (Å²) in [5.41, 5.74) is 1.38. The van der Waals surface area contributed by atoms with Gasteiger partial charge >= 0.3 is 0 Å². The Morgan fingerprint density at radius 2 is 2.00 bits per heavy atom. The zero-order chi connectivity index (χ0) is 17.9. The van der Waals surface area contributed by atoms with Crippen molar-refractivity contribution < 1.29 is 18.5 Å². The zero-order valence-electron chi connectivity index (χ0n) is 13.9. The number of hydrogen-bond donors (Lipinski definition) is 1. The Hall–Kier alpha value is -3.61. The van der Waals surface area contributed by atoms with E-state index in [2.05, 4.69) is 15.5 Å². The fraction of sp³-hybridized carbons (Fsp3) is 0.105. The van der Waals surface area contributed by atoms with E-state index in [9.17, 15) is 4.79 Å². The van der Waals surface area contributed by atoms with E-state index in [1.165, 1.54) is 0 Å². The van der Waals surface area contributed by atoms with E-state index in [1.807, 2.05) is 42.5 Å². The second kappa shape index (κ2) is 6.72. The van der Waals surface area contributed by atoms with E-state index < -0.39 is 0 Å². The maximum atomic E-state index is 12.3. The highest BCUT2D eigenvalue weighted by Crippen LogP contribution is 2.28. The minimum absolute atomic E-state index is 0.104. The van der Waals surface area contributed by atoms with E-state index in [1.54, 1.807) is 19.2 Å². The second-order valence-corrected chi connectivity index (χ2v) is 5.55. The average molecular weight is 349 g/mol. The lowest BCUT2D eigenvalue weighted by Gasteiger charge is -1.99. The monoisotopic (exact) mass is 349 g/mol. The van der Waals surface area contributed by atoms with Gasteiger partial charge in [-0.05, 0) is 12.1 Å². The van der Waals surface area contributed by atoms with Crippen LogP contribution in [0.1, 0.15) is 16.4 Å². The number of aromatic nitrogens is 2. The number of carbonyl (C=O) groups is 1. The lowest BCUT2D eigenvalue weighted by molar-refractivity contribution is 0.0920. The third-order valence-electron chi connectivity index (χ3n) is 3.85. The van der Waals surface area contributed by atoms with Gasteiger partial charge in [-0.1, -0.05) is 47.6 Å². The van der Waals surface area contributed by atoms with Crippen molar-refractivity contribution in [3.63, 3.8) is 0 Å². The molecule has 2 heterocycles. The number of nitrogens with one attached hydrogen (secondary N) is 1. The first-order valence-corrected chi connectivity index (χ1v) is 7.97. The van der Waals surface area contributed by atoms with Crippen LogP contribution in [0, 0.1) is 0 Å². The third-order valence-corrected chi connectivity index (χ3v) is 3.85. The molecular weight excluding hydrogens is 334 g/mol. The molecule has 1 amide bonds. The number of carbonyl (C=O) groups excluding carboxylic acids is 1. The van der Waals surface area contributed by atoms with Crippen molar-refractivity contribution in [2.24, 2.45) is 0 Å². The molecule has 2 aromatic carbocycles. The van der Waals surface area contributed by atoms with Crippen LogP contribution in [0.5, 0.6) is 5.75 Å². The molecule has 0 aliphatic carbocycles. The maximum absolute atomic E-state index is 12.3. The maximum Gasteiger partial charge on any atom is 0.287 e. The molecule has 0 fully saturated rings. The summed E-state index contributed by atoms with van der Waals surface area (Å²) in [6.45, 7) is 0.104. The number of ether oxygens (including phenoxy) is 1. The molecule has 2 aromatic heterocycles. The number of benzene rings is 2. The first-order valence-electron chi connectivity index (χ1n) is 7.97. The number of fused-ring (bicyclic) bond motifs is 1. The van der Waals surface area contributed by atoms with Crippen LogP contribution in [-0.4, -0.2) is 23.2 Å². The molecule has 0 radical (unpaired) electrons. The highest BCUT2D eigenvalue weighted by Gasteiger charge is 2.16. The minimum Gasteiger partial charge on any atom is -0.493 e. The molecule has 0 unspecified atom stereocenters. The molecule has 130 valence electrons. The van der Waals surface area contributed by atoms with Gasteiger partial charge in [0.05, 0.1) is 13.7 Å². The quantitative estimate of drug-likeness (QED) is 0.594. The lowest BCUT2D eigenvalue weighted by Crippen LogP contribution is -2.22. The summed E-state index contributed by atoms with van der Waals surface area (Å²) in [5.74, 6) is 1.18. The Balaban J connectivity index is 1.47. The number of methoxy groups -OCH3 is 1. The normalized spacial score (nSPS) is 10.8. The van der Waals surface area contributed by atoms with E-state index in [4.69, 9.17) is 13.7 Å². The van der Waals surface area contributed by atoms with E-state index in [0.717, 1.165) is 10.9 Å². The largest absolute Gasteiger partial charge is 0.493 e. The first kappa shape index (κ1) is 15.9. The summed E-state index contributed by atoms with van der Waals surface area (Å²) in [7, 11) is 1.55. The predicted octanol–water partition coefficient (Wildman–Crippen LogP) is 3.42. The van der Waals surface area contributed by atoms with Crippen molar-refractivity contribution in [1.82, 2.24) is 15.5 Å². The molecule has 0 atom stereocenters. The van der Waals surface area contributed by atoms with Crippen molar-refractivity contribution in [1.29, 1.82) is 0 Å². The molecule has 0 saturated carbocycles. The summed E-state index contributed by atoms with van der Waals surface area (Å²) in [6.07, 6.45) is 0. The van der Waals surface area contributed by atoms with Crippen LogP contribution in [-0.2, 0) is 6.54 Å². The van der Waals surface area contributed by atoms with Gasteiger partial charge in [0.25, 0.3) is 5.91 Å². The van der Waals surface area contributed by atoms with Crippen LogP contribution >= 0.6 is 0 Å². The van der Waals surface area contributed by atoms with Gasteiger partial charge in [0.1, 0.15) is 0 Å².